The highest BCUT2D eigenvalue weighted by atomic mass is 35.5. The first-order chi connectivity index (χ1) is 17.4. The first-order valence-corrected chi connectivity index (χ1v) is 12.6. The predicted octanol–water partition coefficient (Wildman–Crippen LogP) is 6.33. The van der Waals surface area contributed by atoms with Crippen LogP contribution in [0.1, 0.15) is 24.1 Å². The van der Waals surface area contributed by atoms with Gasteiger partial charge in [0.1, 0.15) is 4.32 Å². The fourth-order valence-electron chi connectivity index (χ4n) is 3.65. The molecular formula is C27H23ClN2O4S2. The van der Waals surface area contributed by atoms with Crippen molar-refractivity contribution in [1.82, 2.24) is 4.90 Å². The number of thiocarbonyl (C=S) groups is 1. The van der Waals surface area contributed by atoms with Gasteiger partial charge in [0.25, 0.3) is 11.8 Å². The Kier molecular flexibility index (Phi) is 8.30. The van der Waals surface area contributed by atoms with E-state index in [1.165, 1.54) is 18.9 Å². The Morgan fingerprint density at radius 1 is 1.11 bits per heavy atom. The number of amides is 2. The Hall–Kier alpha value is -3.33. The van der Waals surface area contributed by atoms with Crippen LogP contribution in [0.25, 0.3) is 6.08 Å². The molecule has 0 aliphatic carbocycles. The molecule has 1 heterocycles. The van der Waals surface area contributed by atoms with Crippen molar-refractivity contribution in [3.05, 3.63) is 93.9 Å². The molecule has 0 unspecified atom stereocenters. The first kappa shape index (κ1) is 25.8. The van der Waals surface area contributed by atoms with Gasteiger partial charge >= 0.3 is 0 Å². The summed E-state index contributed by atoms with van der Waals surface area (Å²) in [6.07, 6.45) is 1.77. The number of halogens is 1. The fourth-order valence-corrected chi connectivity index (χ4v) is 5.25. The molecule has 6 nitrogen and oxygen atoms in total. The molecular weight excluding hydrogens is 516 g/mol. The quantitative estimate of drug-likeness (QED) is 0.267. The largest absolute Gasteiger partial charge is 0.493 e. The van der Waals surface area contributed by atoms with Gasteiger partial charge in [-0.1, -0.05) is 78.0 Å². The summed E-state index contributed by atoms with van der Waals surface area (Å²) in [7, 11) is 1.51. The summed E-state index contributed by atoms with van der Waals surface area (Å²) in [6.45, 7) is 1.75. The van der Waals surface area contributed by atoms with Crippen LogP contribution in [0.5, 0.6) is 11.5 Å². The zero-order chi connectivity index (χ0) is 25.7. The molecule has 0 radical (unpaired) electrons. The van der Waals surface area contributed by atoms with E-state index in [-0.39, 0.29) is 24.5 Å². The molecule has 1 aliphatic rings. The van der Waals surface area contributed by atoms with E-state index in [1.54, 1.807) is 53.4 Å². The summed E-state index contributed by atoms with van der Waals surface area (Å²) in [5.74, 6) is 0.367. The maximum Gasteiger partial charge on any atom is 0.266 e. The molecule has 4 rings (SSSR count). The second-order valence-electron chi connectivity index (χ2n) is 7.90. The highest BCUT2D eigenvalue weighted by Crippen LogP contribution is 2.39. The van der Waals surface area contributed by atoms with E-state index in [9.17, 15) is 9.59 Å². The molecule has 1 atom stereocenters. The van der Waals surface area contributed by atoms with Gasteiger partial charge in [0, 0.05) is 10.7 Å². The Labute approximate surface area is 224 Å². The van der Waals surface area contributed by atoms with E-state index in [1.807, 2.05) is 37.3 Å². The number of methoxy groups -OCH3 is 1. The normalized spacial score (nSPS) is 15.2. The third-order valence-corrected chi connectivity index (χ3v) is 7.01. The van der Waals surface area contributed by atoms with Crippen molar-refractivity contribution in [3.63, 3.8) is 0 Å². The SMILES string of the molecule is COc1cc(/C=C2\SC(=S)N([C@H](C)c3ccccc3)C2=O)ccc1OCC(=O)Nc1cccc(Cl)c1. The zero-order valence-corrected chi connectivity index (χ0v) is 22.0. The summed E-state index contributed by atoms with van der Waals surface area (Å²) in [5.41, 5.74) is 2.34. The zero-order valence-electron chi connectivity index (χ0n) is 19.6. The highest BCUT2D eigenvalue weighted by molar-refractivity contribution is 8.26. The van der Waals surface area contributed by atoms with Crippen LogP contribution in [-0.2, 0) is 9.59 Å². The standard InChI is InChI=1S/C27H23ClN2O4S2/c1-17(19-7-4-3-5-8-19)30-26(32)24(36-27(30)35)14-18-11-12-22(23(13-18)33-2)34-16-25(31)29-21-10-6-9-20(28)15-21/h3-15,17H,16H2,1-2H3,(H,29,31)/b24-14-/t17-/m1/s1. The Morgan fingerprint density at radius 3 is 2.61 bits per heavy atom. The van der Waals surface area contributed by atoms with Gasteiger partial charge in [0.05, 0.1) is 18.1 Å². The molecule has 184 valence electrons. The van der Waals surface area contributed by atoms with Crippen LogP contribution in [-0.4, -0.2) is 34.8 Å². The molecule has 0 spiro atoms. The number of ether oxygens (including phenoxy) is 2. The summed E-state index contributed by atoms with van der Waals surface area (Å²) >= 11 is 12.7. The third-order valence-electron chi connectivity index (χ3n) is 5.45. The molecule has 3 aromatic carbocycles. The van der Waals surface area contributed by atoms with Crippen molar-refractivity contribution in [2.24, 2.45) is 0 Å². The number of nitrogens with zero attached hydrogens (tertiary/aromatic N) is 1. The molecule has 1 fully saturated rings. The van der Waals surface area contributed by atoms with Crippen LogP contribution in [0.3, 0.4) is 0 Å². The van der Waals surface area contributed by atoms with E-state index < -0.39 is 0 Å². The minimum Gasteiger partial charge on any atom is -0.493 e. The van der Waals surface area contributed by atoms with Crippen molar-refractivity contribution in [1.29, 1.82) is 0 Å². The molecule has 2 amide bonds. The molecule has 0 bridgehead atoms. The summed E-state index contributed by atoms with van der Waals surface area (Å²) in [6, 6.07) is 21.7. The lowest BCUT2D eigenvalue weighted by Gasteiger charge is -2.23. The molecule has 9 heteroatoms. The maximum absolute atomic E-state index is 13.1. The maximum atomic E-state index is 13.1. The smallest absolute Gasteiger partial charge is 0.266 e. The fraction of sp³-hybridized carbons (Fsp3) is 0.148. The van der Waals surface area contributed by atoms with Crippen molar-refractivity contribution < 1.29 is 19.1 Å². The molecule has 3 aromatic rings. The molecule has 1 N–H and O–H groups in total. The van der Waals surface area contributed by atoms with Gasteiger partial charge < -0.3 is 14.8 Å². The lowest BCUT2D eigenvalue weighted by Crippen LogP contribution is -2.30. The van der Waals surface area contributed by atoms with Gasteiger partial charge in [0.2, 0.25) is 0 Å². The monoisotopic (exact) mass is 538 g/mol. The lowest BCUT2D eigenvalue weighted by molar-refractivity contribution is -0.123. The average molecular weight is 539 g/mol. The van der Waals surface area contributed by atoms with Gasteiger partial charge in [-0.25, -0.2) is 0 Å². The van der Waals surface area contributed by atoms with Crippen molar-refractivity contribution in [2.45, 2.75) is 13.0 Å². The lowest BCUT2D eigenvalue weighted by atomic mass is 10.1. The summed E-state index contributed by atoms with van der Waals surface area (Å²) in [5, 5.41) is 3.25. The van der Waals surface area contributed by atoms with Crippen LogP contribution in [0.15, 0.2) is 77.7 Å². The first-order valence-electron chi connectivity index (χ1n) is 11.0. The molecule has 1 saturated heterocycles. The van der Waals surface area contributed by atoms with Gasteiger partial charge in [-0.3, -0.25) is 14.5 Å². The molecule has 0 aromatic heterocycles. The van der Waals surface area contributed by atoms with Crippen LogP contribution in [0, 0.1) is 0 Å². The summed E-state index contributed by atoms with van der Waals surface area (Å²) < 4.78 is 11.6. The Morgan fingerprint density at radius 2 is 1.89 bits per heavy atom. The number of carbonyl (C=O) groups excluding carboxylic acids is 2. The van der Waals surface area contributed by atoms with Crippen LogP contribution >= 0.6 is 35.6 Å². The Balaban J connectivity index is 1.44. The van der Waals surface area contributed by atoms with Crippen molar-refractivity contribution in [2.75, 3.05) is 19.0 Å². The van der Waals surface area contributed by atoms with Gasteiger partial charge in [0.15, 0.2) is 18.1 Å². The van der Waals surface area contributed by atoms with E-state index in [2.05, 4.69) is 5.32 Å². The number of carbonyl (C=O) groups is 2. The second-order valence-corrected chi connectivity index (χ2v) is 10.0. The summed E-state index contributed by atoms with van der Waals surface area (Å²) in [4.78, 5) is 27.6. The number of hydrogen-bond donors (Lipinski definition) is 1. The van der Waals surface area contributed by atoms with Gasteiger partial charge in [-0.05, 0) is 54.5 Å². The number of nitrogens with one attached hydrogen (secondary N) is 1. The number of rotatable bonds is 8. The van der Waals surface area contributed by atoms with Crippen LogP contribution in [0.2, 0.25) is 5.02 Å². The third kappa shape index (κ3) is 6.07. The predicted molar refractivity (Wildman–Crippen MR) is 148 cm³/mol. The number of benzene rings is 3. The molecule has 1 aliphatic heterocycles. The number of hydrogen-bond acceptors (Lipinski definition) is 6. The number of thioether (sulfide) groups is 1. The highest BCUT2D eigenvalue weighted by Gasteiger charge is 2.35. The second kappa shape index (κ2) is 11.6. The van der Waals surface area contributed by atoms with E-state index in [4.69, 9.17) is 33.3 Å². The van der Waals surface area contributed by atoms with Crippen molar-refractivity contribution >= 4 is 63.5 Å². The van der Waals surface area contributed by atoms with Crippen LogP contribution in [0.4, 0.5) is 5.69 Å². The Bertz CT molecular complexity index is 1330. The topological polar surface area (TPSA) is 67.9 Å². The van der Waals surface area contributed by atoms with Crippen LogP contribution < -0.4 is 14.8 Å². The van der Waals surface area contributed by atoms with Gasteiger partial charge in [-0.2, -0.15) is 0 Å². The average Bonchev–Trinajstić information content (AvgIpc) is 3.15. The molecule has 36 heavy (non-hydrogen) atoms. The van der Waals surface area contributed by atoms with E-state index in [0.29, 0.717) is 31.4 Å². The van der Waals surface area contributed by atoms with Crippen molar-refractivity contribution in [3.8, 4) is 11.5 Å². The van der Waals surface area contributed by atoms with E-state index >= 15 is 0 Å². The minimum atomic E-state index is -0.334. The van der Waals surface area contributed by atoms with E-state index in [0.717, 1.165) is 11.1 Å². The van der Waals surface area contributed by atoms with Gasteiger partial charge in [-0.15, -0.1) is 0 Å². The molecule has 0 saturated carbocycles. The number of anilines is 1. The minimum absolute atomic E-state index is 0.140.